The predicted octanol–water partition coefficient (Wildman–Crippen LogP) is 1.98. The molecular formula is C10H12O2. The third-order valence-corrected chi connectivity index (χ3v) is 3.15. The van der Waals surface area contributed by atoms with Gasteiger partial charge in [0.15, 0.2) is 0 Å². The summed E-state index contributed by atoms with van der Waals surface area (Å²) in [6.07, 6.45) is 4.22. The zero-order chi connectivity index (χ0) is 8.72. The van der Waals surface area contributed by atoms with Crippen LogP contribution in [-0.2, 0) is 4.79 Å². The van der Waals surface area contributed by atoms with E-state index in [1.54, 1.807) is 0 Å². The lowest BCUT2D eigenvalue weighted by atomic mass is 9.61. The zero-order valence-corrected chi connectivity index (χ0v) is 7.08. The highest BCUT2D eigenvalue weighted by atomic mass is 16.2. The van der Waals surface area contributed by atoms with E-state index in [0.717, 1.165) is 35.8 Å². The van der Waals surface area contributed by atoms with E-state index in [1.165, 1.54) is 6.26 Å². The van der Waals surface area contributed by atoms with E-state index in [1.807, 2.05) is 6.92 Å². The molecule has 0 aromatic carbocycles. The maximum atomic E-state index is 10.7. The molecule has 3 aliphatic rings. The number of aliphatic hydroxyl groups excluding tert-OH is 1. The summed E-state index contributed by atoms with van der Waals surface area (Å²) in [7, 11) is 0. The Morgan fingerprint density at radius 1 is 1.42 bits per heavy atom. The Balaban J connectivity index is 2.46. The number of fused-ring (bicyclic) bond motifs is 1. The lowest BCUT2D eigenvalue weighted by Gasteiger charge is -2.43. The third kappa shape index (κ3) is 0.779. The van der Waals surface area contributed by atoms with Gasteiger partial charge in [-0.3, -0.25) is 4.79 Å². The Kier molecular flexibility index (Phi) is 1.56. The van der Waals surface area contributed by atoms with Crippen LogP contribution in [0.1, 0.15) is 19.8 Å². The van der Waals surface area contributed by atoms with Gasteiger partial charge in [0.05, 0.1) is 6.26 Å². The highest BCUT2D eigenvalue weighted by Crippen LogP contribution is 2.50. The first kappa shape index (κ1) is 7.59. The van der Waals surface area contributed by atoms with E-state index in [-0.39, 0.29) is 0 Å². The smallest absolute Gasteiger partial charge is 0.146 e. The molecule has 0 aromatic rings. The van der Waals surface area contributed by atoms with Crippen molar-refractivity contribution in [2.75, 3.05) is 0 Å². The van der Waals surface area contributed by atoms with Crippen molar-refractivity contribution < 1.29 is 9.90 Å². The van der Waals surface area contributed by atoms with Gasteiger partial charge in [0.1, 0.15) is 6.29 Å². The summed E-state index contributed by atoms with van der Waals surface area (Å²) in [6.45, 7) is 1.92. The second-order valence-electron chi connectivity index (χ2n) is 3.65. The molecule has 64 valence electrons. The topological polar surface area (TPSA) is 37.3 Å². The summed E-state index contributed by atoms with van der Waals surface area (Å²) in [5, 5.41) is 8.96. The van der Waals surface area contributed by atoms with Crippen LogP contribution in [0.2, 0.25) is 0 Å². The molecule has 0 aromatic heterocycles. The summed E-state index contributed by atoms with van der Waals surface area (Å²) in [4.78, 5) is 10.7. The van der Waals surface area contributed by atoms with Gasteiger partial charge in [-0.2, -0.15) is 0 Å². The number of hydrogen-bond donors (Lipinski definition) is 1. The van der Waals surface area contributed by atoms with Crippen molar-refractivity contribution >= 4 is 6.29 Å². The molecule has 3 aliphatic carbocycles. The first-order valence-corrected chi connectivity index (χ1v) is 4.28. The van der Waals surface area contributed by atoms with Crippen molar-refractivity contribution in [1.29, 1.82) is 0 Å². The van der Waals surface area contributed by atoms with Crippen LogP contribution in [0.25, 0.3) is 0 Å². The number of rotatable bonds is 1. The number of allylic oxidation sites excluding steroid dienone is 3. The summed E-state index contributed by atoms with van der Waals surface area (Å²) >= 11 is 0. The van der Waals surface area contributed by atoms with Gasteiger partial charge in [-0.15, -0.1) is 0 Å². The van der Waals surface area contributed by atoms with Crippen LogP contribution < -0.4 is 0 Å². The Hall–Kier alpha value is -1.05. The van der Waals surface area contributed by atoms with Crippen LogP contribution >= 0.6 is 0 Å². The zero-order valence-electron chi connectivity index (χ0n) is 7.08. The van der Waals surface area contributed by atoms with E-state index in [2.05, 4.69) is 0 Å². The fraction of sp³-hybridized carbons (Fsp3) is 0.500. The van der Waals surface area contributed by atoms with E-state index in [4.69, 9.17) is 5.11 Å². The van der Waals surface area contributed by atoms with Crippen molar-refractivity contribution in [3.63, 3.8) is 0 Å². The third-order valence-electron chi connectivity index (χ3n) is 3.15. The van der Waals surface area contributed by atoms with Crippen molar-refractivity contribution in [2.45, 2.75) is 19.8 Å². The molecule has 1 N–H and O–H groups in total. The van der Waals surface area contributed by atoms with E-state index in [0.29, 0.717) is 11.8 Å². The molecule has 0 atom stereocenters. The minimum absolute atomic E-state index is 0.483. The van der Waals surface area contributed by atoms with Crippen LogP contribution in [0.4, 0.5) is 0 Å². The quantitative estimate of drug-likeness (QED) is 0.475. The van der Waals surface area contributed by atoms with Gasteiger partial charge >= 0.3 is 0 Å². The van der Waals surface area contributed by atoms with Gasteiger partial charge in [0.2, 0.25) is 0 Å². The molecule has 0 unspecified atom stereocenters. The summed E-state index contributed by atoms with van der Waals surface area (Å²) in [5.41, 5.74) is 2.87. The predicted molar refractivity (Wildman–Crippen MR) is 45.7 cm³/mol. The number of aliphatic hydroxyl groups is 1. The largest absolute Gasteiger partial charge is 0.515 e. The van der Waals surface area contributed by atoms with Gasteiger partial charge in [0, 0.05) is 0 Å². The van der Waals surface area contributed by atoms with E-state index in [9.17, 15) is 4.79 Å². The number of hydrogen-bond acceptors (Lipinski definition) is 2. The van der Waals surface area contributed by atoms with Crippen LogP contribution in [0, 0.1) is 11.8 Å². The second-order valence-corrected chi connectivity index (χ2v) is 3.65. The first-order chi connectivity index (χ1) is 5.77. The molecule has 0 spiro atoms. The van der Waals surface area contributed by atoms with Crippen molar-refractivity contribution in [1.82, 2.24) is 0 Å². The molecule has 0 amide bonds. The number of aldehydes is 1. The van der Waals surface area contributed by atoms with Crippen LogP contribution in [-0.4, -0.2) is 11.4 Å². The molecule has 2 bridgehead atoms. The standard InChI is InChI=1S/C10H12O2/c1-6-9(4-11)7-2-8(3-7)10(6)5-12/h4-5,7-8,11H,2-3H2,1H3. The van der Waals surface area contributed by atoms with E-state index >= 15 is 0 Å². The van der Waals surface area contributed by atoms with Crippen LogP contribution in [0.15, 0.2) is 23.0 Å². The van der Waals surface area contributed by atoms with Gasteiger partial charge in [0.25, 0.3) is 0 Å². The fourth-order valence-corrected chi connectivity index (χ4v) is 2.29. The molecule has 2 nitrogen and oxygen atoms in total. The molecule has 1 fully saturated rings. The Labute approximate surface area is 71.6 Å². The van der Waals surface area contributed by atoms with Gasteiger partial charge in [-0.1, -0.05) is 0 Å². The number of carbonyl (C=O) groups is 1. The minimum atomic E-state index is 0.483. The van der Waals surface area contributed by atoms with Crippen LogP contribution in [0.5, 0.6) is 0 Å². The lowest BCUT2D eigenvalue weighted by Crippen LogP contribution is -2.33. The molecule has 12 heavy (non-hydrogen) atoms. The summed E-state index contributed by atoms with van der Waals surface area (Å²) < 4.78 is 0. The monoisotopic (exact) mass is 164 g/mol. The maximum absolute atomic E-state index is 10.7. The average Bonchev–Trinajstić information content (AvgIpc) is 2.01. The highest BCUT2D eigenvalue weighted by Gasteiger charge is 2.40. The summed E-state index contributed by atoms with van der Waals surface area (Å²) in [5.74, 6) is 1.000. The molecule has 2 heteroatoms. The second kappa shape index (κ2) is 2.47. The Morgan fingerprint density at radius 2 is 2.08 bits per heavy atom. The normalized spacial score (nSPS) is 36.6. The molecule has 0 aliphatic heterocycles. The fourth-order valence-electron chi connectivity index (χ4n) is 2.29. The van der Waals surface area contributed by atoms with Gasteiger partial charge < -0.3 is 5.11 Å². The van der Waals surface area contributed by atoms with E-state index < -0.39 is 0 Å². The molecule has 0 heterocycles. The molecule has 3 rings (SSSR count). The average molecular weight is 164 g/mol. The molecular weight excluding hydrogens is 152 g/mol. The summed E-state index contributed by atoms with van der Waals surface area (Å²) in [6, 6.07) is 0. The number of carbonyl (C=O) groups excluding carboxylic acids is 1. The highest BCUT2D eigenvalue weighted by molar-refractivity contribution is 5.78. The molecule has 0 saturated heterocycles. The van der Waals surface area contributed by atoms with Gasteiger partial charge in [-0.05, 0) is 48.3 Å². The lowest BCUT2D eigenvalue weighted by molar-refractivity contribution is -0.105. The SMILES string of the molecule is CC1=C(C=O)C2CC(C2)C1=CO. The first-order valence-electron chi connectivity index (χ1n) is 4.28. The Morgan fingerprint density at radius 3 is 2.58 bits per heavy atom. The van der Waals surface area contributed by atoms with Crippen molar-refractivity contribution in [3.8, 4) is 0 Å². The maximum Gasteiger partial charge on any atom is 0.146 e. The Bertz CT molecular complexity index is 280. The van der Waals surface area contributed by atoms with Crippen molar-refractivity contribution in [3.05, 3.63) is 23.0 Å². The molecule has 1 saturated carbocycles. The molecule has 0 radical (unpaired) electrons. The van der Waals surface area contributed by atoms with Crippen LogP contribution in [0.3, 0.4) is 0 Å². The van der Waals surface area contributed by atoms with Crippen molar-refractivity contribution in [2.24, 2.45) is 11.8 Å². The van der Waals surface area contributed by atoms with Gasteiger partial charge in [-0.25, -0.2) is 0 Å². The minimum Gasteiger partial charge on any atom is -0.515 e.